The van der Waals surface area contributed by atoms with Crippen LogP contribution < -0.4 is 15.4 Å². The molecule has 0 spiro atoms. The van der Waals surface area contributed by atoms with E-state index in [0.717, 1.165) is 53.4 Å². The maximum absolute atomic E-state index is 13.4. The van der Waals surface area contributed by atoms with Gasteiger partial charge in [-0.3, -0.25) is 9.78 Å². The summed E-state index contributed by atoms with van der Waals surface area (Å²) in [6, 6.07) is 9.43. The Labute approximate surface area is 246 Å². The van der Waals surface area contributed by atoms with Gasteiger partial charge >= 0.3 is 6.09 Å². The fourth-order valence-electron chi connectivity index (χ4n) is 5.18. The van der Waals surface area contributed by atoms with Gasteiger partial charge in [0.2, 0.25) is 0 Å². The van der Waals surface area contributed by atoms with Gasteiger partial charge in [0, 0.05) is 30.1 Å². The minimum Gasteiger partial charge on any atom is -0.503 e. The fraction of sp³-hybridized carbons (Fsp3) is 0.469. The third-order valence-electron chi connectivity index (χ3n) is 7.14. The molecule has 0 unspecified atom stereocenters. The molecule has 1 fully saturated rings. The third kappa shape index (κ3) is 7.61. The van der Waals surface area contributed by atoms with Crippen LogP contribution in [0.5, 0.6) is 11.5 Å². The van der Waals surface area contributed by atoms with Crippen LogP contribution in [0.15, 0.2) is 36.5 Å². The Morgan fingerprint density at radius 2 is 1.76 bits per heavy atom. The number of methoxy groups -OCH3 is 1. The average Bonchev–Trinajstić information content (AvgIpc) is 2.89. The van der Waals surface area contributed by atoms with Crippen molar-refractivity contribution in [2.45, 2.75) is 84.4 Å². The van der Waals surface area contributed by atoms with E-state index in [1.165, 1.54) is 7.11 Å². The first kappa shape index (κ1) is 30.4. The monoisotopic (exact) mass is 581 g/mol. The fourth-order valence-corrected chi connectivity index (χ4v) is 5.39. The molecule has 0 saturated heterocycles. The number of pyridine rings is 1. The summed E-state index contributed by atoms with van der Waals surface area (Å²) >= 11 is 6.28. The molecule has 9 heteroatoms. The first-order valence-corrected chi connectivity index (χ1v) is 14.5. The number of hydrogen-bond acceptors (Lipinski definition) is 7. The van der Waals surface area contributed by atoms with Crippen LogP contribution in [-0.2, 0) is 4.74 Å². The standard InChI is InChI=1S/C32H40ClN3O5/c1-18(2)13-27(37)24-17-34-26-12-7-19(20-15-25(33)30(38)28(16-20)40-6)14-23(26)29(24)35-21-8-10-22(11-9-21)36-31(39)41-32(3,4)5/h7,12,14-18,21-22,38H,8-11,13H2,1-6H3,(H,34,35)(H,36,39). The van der Waals surface area contributed by atoms with Gasteiger partial charge in [-0.15, -0.1) is 0 Å². The number of carbonyl (C=O) groups is 2. The van der Waals surface area contributed by atoms with Gasteiger partial charge in [0.05, 0.1) is 28.9 Å². The van der Waals surface area contributed by atoms with E-state index in [-0.39, 0.29) is 40.3 Å². The van der Waals surface area contributed by atoms with Crippen LogP contribution in [0.3, 0.4) is 0 Å². The molecule has 0 aliphatic heterocycles. The van der Waals surface area contributed by atoms with Crippen molar-refractivity contribution in [3.05, 3.63) is 47.1 Å². The second kappa shape index (κ2) is 12.6. The summed E-state index contributed by atoms with van der Waals surface area (Å²) in [6.45, 7) is 9.60. The topological polar surface area (TPSA) is 110 Å². The Hall–Kier alpha value is -3.52. The lowest BCUT2D eigenvalue weighted by molar-refractivity contribution is 0.0492. The number of ketones is 1. The number of anilines is 1. The normalized spacial score (nSPS) is 17.4. The summed E-state index contributed by atoms with van der Waals surface area (Å²) in [5, 5.41) is 17.9. The predicted octanol–water partition coefficient (Wildman–Crippen LogP) is 7.75. The lowest BCUT2D eigenvalue weighted by Crippen LogP contribution is -2.42. The number of hydrogen-bond donors (Lipinski definition) is 3. The highest BCUT2D eigenvalue weighted by atomic mass is 35.5. The van der Waals surface area contributed by atoms with Crippen molar-refractivity contribution < 1.29 is 24.2 Å². The number of rotatable bonds is 8. The van der Waals surface area contributed by atoms with Crippen molar-refractivity contribution in [2.75, 3.05) is 12.4 Å². The van der Waals surface area contributed by atoms with Gasteiger partial charge in [-0.1, -0.05) is 31.5 Å². The van der Waals surface area contributed by atoms with Gasteiger partial charge in [0.15, 0.2) is 17.3 Å². The Morgan fingerprint density at radius 1 is 1.07 bits per heavy atom. The van der Waals surface area contributed by atoms with Crippen LogP contribution in [0.1, 0.15) is 77.1 Å². The molecule has 3 N–H and O–H groups in total. The molecule has 1 aliphatic rings. The van der Waals surface area contributed by atoms with Crippen LogP contribution in [0.2, 0.25) is 5.02 Å². The molecule has 0 bridgehead atoms. The number of halogens is 1. The maximum Gasteiger partial charge on any atom is 0.407 e. The van der Waals surface area contributed by atoms with E-state index in [9.17, 15) is 14.7 Å². The molecule has 0 radical (unpaired) electrons. The van der Waals surface area contributed by atoms with Crippen LogP contribution in [0.25, 0.3) is 22.0 Å². The number of phenols is 1. The Morgan fingerprint density at radius 3 is 2.39 bits per heavy atom. The third-order valence-corrected chi connectivity index (χ3v) is 7.43. The summed E-state index contributed by atoms with van der Waals surface area (Å²) in [4.78, 5) is 30.2. The number of phenolic OH excluding ortho intramolecular Hbond substituents is 1. The van der Waals surface area contributed by atoms with Crippen LogP contribution >= 0.6 is 11.6 Å². The van der Waals surface area contributed by atoms with Crippen molar-refractivity contribution in [1.29, 1.82) is 0 Å². The minimum absolute atomic E-state index is 0.0388. The van der Waals surface area contributed by atoms with E-state index in [1.807, 2.05) is 52.8 Å². The second-order valence-corrected chi connectivity index (χ2v) is 12.6. The number of aromatic nitrogens is 1. The minimum atomic E-state index is -0.542. The van der Waals surface area contributed by atoms with Gasteiger partial charge in [-0.25, -0.2) is 4.79 Å². The smallest absolute Gasteiger partial charge is 0.407 e. The van der Waals surface area contributed by atoms with Gasteiger partial charge in [0.25, 0.3) is 0 Å². The quantitative estimate of drug-likeness (QED) is 0.233. The van der Waals surface area contributed by atoms with Gasteiger partial charge < -0.3 is 25.2 Å². The Kier molecular flexibility index (Phi) is 9.32. The average molecular weight is 582 g/mol. The van der Waals surface area contributed by atoms with Crippen molar-refractivity contribution >= 4 is 40.1 Å². The number of ether oxygens (including phenoxy) is 2. The number of fused-ring (bicyclic) bond motifs is 1. The molecule has 8 nitrogen and oxygen atoms in total. The summed E-state index contributed by atoms with van der Waals surface area (Å²) in [5.41, 5.74) is 3.17. The Bertz CT molecular complexity index is 1430. The van der Waals surface area contributed by atoms with Gasteiger partial charge in [-0.05, 0) is 87.8 Å². The highest BCUT2D eigenvalue weighted by molar-refractivity contribution is 6.32. The SMILES string of the molecule is COc1cc(-c2ccc3ncc(C(=O)CC(C)C)c(NC4CCC(NC(=O)OC(C)(C)C)CC4)c3c2)cc(Cl)c1O. The molecule has 4 rings (SSSR count). The summed E-state index contributed by atoms with van der Waals surface area (Å²) in [6.07, 6.45) is 4.94. The molecule has 1 heterocycles. The number of amides is 1. The number of nitrogens with one attached hydrogen (secondary N) is 2. The van der Waals surface area contributed by atoms with Crippen molar-refractivity contribution in [3.63, 3.8) is 0 Å². The van der Waals surface area contributed by atoms with E-state index in [1.54, 1.807) is 18.3 Å². The zero-order valence-electron chi connectivity index (χ0n) is 24.6. The van der Waals surface area contributed by atoms with E-state index in [2.05, 4.69) is 15.6 Å². The highest BCUT2D eigenvalue weighted by Crippen LogP contribution is 2.40. The molecular formula is C32H40ClN3O5. The first-order chi connectivity index (χ1) is 19.3. The first-order valence-electron chi connectivity index (χ1n) is 14.1. The van der Waals surface area contributed by atoms with Crippen LogP contribution in [0, 0.1) is 5.92 Å². The van der Waals surface area contributed by atoms with E-state index in [0.29, 0.717) is 12.0 Å². The summed E-state index contributed by atoms with van der Waals surface area (Å²) in [5.74, 6) is 0.415. The largest absolute Gasteiger partial charge is 0.503 e. The number of nitrogens with zero attached hydrogens (tertiary/aromatic N) is 1. The molecule has 41 heavy (non-hydrogen) atoms. The van der Waals surface area contributed by atoms with Gasteiger partial charge in [-0.2, -0.15) is 0 Å². The highest BCUT2D eigenvalue weighted by Gasteiger charge is 2.27. The number of alkyl carbamates (subject to hydrolysis) is 1. The molecule has 1 aromatic heterocycles. The van der Waals surface area contributed by atoms with Crippen molar-refractivity contribution in [2.24, 2.45) is 5.92 Å². The van der Waals surface area contributed by atoms with Crippen molar-refractivity contribution in [3.8, 4) is 22.6 Å². The second-order valence-electron chi connectivity index (χ2n) is 12.1. The lowest BCUT2D eigenvalue weighted by atomic mass is 9.90. The molecule has 2 aromatic carbocycles. The molecule has 1 aliphatic carbocycles. The molecule has 1 amide bonds. The van der Waals surface area contributed by atoms with E-state index < -0.39 is 11.7 Å². The number of Topliss-reactive ketones (excluding diaryl/α,β-unsaturated/α-hetero) is 1. The maximum atomic E-state index is 13.4. The zero-order chi connectivity index (χ0) is 29.9. The molecule has 0 atom stereocenters. The predicted molar refractivity (Wildman–Crippen MR) is 163 cm³/mol. The van der Waals surface area contributed by atoms with Crippen LogP contribution in [-0.4, -0.2) is 46.8 Å². The molecule has 3 aromatic rings. The number of benzene rings is 2. The van der Waals surface area contributed by atoms with E-state index in [4.69, 9.17) is 21.1 Å². The number of carbonyl (C=O) groups excluding carboxylic acids is 2. The summed E-state index contributed by atoms with van der Waals surface area (Å²) < 4.78 is 10.7. The lowest BCUT2D eigenvalue weighted by Gasteiger charge is -2.31. The van der Waals surface area contributed by atoms with E-state index >= 15 is 0 Å². The van der Waals surface area contributed by atoms with Crippen LogP contribution in [0.4, 0.5) is 10.5 Å². The molecule has 1 saturated carbocycles. The molecule has 220 valence electrons. The van der Waals surface area contributed by atoms with Crippen molar-refractivity contribution in [1.82, 2.24) is 10.3 Å². The van der Waals surface area contributed by atoms with Gasteiger partial charge in [0.1, 0.15) is 5.60 Å². The Balaban J connectivity index is 1.65. The zero-order valence-corrected chi connectivity index (χ0v) is 25.4. The molecular weight excluding hydrogens is 542 g/mol. The summed E-state index contributed by atoms with van der Waals surface area (Å²) in [7, 11) is 1.48. The number of aromatic hydroxyl groups is 1.